The van der Waals surface area contributed by atoms with Crippen molar-refractivity contribution in [2.75, 3.05) is 13.2 Å². The number of rotatable bonds is 10. The van der Waals surface area contributed by atoms with Crippen molar-refractivity contribution in [3.63, 3.8) is 0 Å². The zero-order chi connectivity index (χ0) is 27.7. The van der Waals surface area contributed by atoms with Gasteiger partial charge in [-0.25, -0.2) is 22.9 Å². The lowest BCUT2D eigenvalue weighted by Crippen LogP contribution is -2.31. The van der Waals surface area contributed by atoms with E-state index in [0.717, 1.165) is 31.9 Å². The van der Waals surface area contributed by atoms with Crippen LogP contribution in [0.4, 0.5) is 4.79 Å². The summed E-state index contributed by atoms with van der Waals surface area (Å²) in [4.78, 5) is 40.3. The molecular weight excluding hydrogens is 526 g/mol. The van der Waals surface area contributed by atoms with E-state index >= 15 is 0 Å². The Morgan fingerprint density at radius 2 is 1.56 bits per heavy atom. The lowest BCUT2D eigenvalue weighted by Gasteiger charge is -2.11. The number of nitrogens with zero attached hydrogens (tertiary/aromatic N) is 1. The molecule has 204 valence electrons. The van der Waals surface area contributed by atoms with E-state index in [-0.39, 0.29) is 41.2 Å². The zero-order valence-electron chi connectivity index (χ0n) is 20.9. The predicted octanol–water partition coefficient (Wildman–Crippen LogP) is 3.47. The van der Waals surface area contributed by atoms with Crippen LogP contribution in [-0.2, 0) is 14.8 Å². The van der Waals surface area contributed by atoms with Crippen LogP contribution in [0.5, 0.6) is 11.6 Å². The van der Waals surface area contributed by atoms with E-state index in [1.165, 1.54) is 36.4 Å². The number of hydrogen-bond donors (Lipinski definition) is 2. The smallest absolute Gasteiger partial charge is 0.492 e. The van der Waals surface area contributed by atoms with Crippen molar-refractivity contribution in [3.8, 4) is 11.6 Å². The van der Waals surface area contributed by atoms with Crippen LogP contribution < -0.4 is 19.5 Å². The molecule has 2 N–H and O–H groups in total. The number of carbonyl (C=O) groups is 3. The summed E-state index contributed by atoms with van der Waals surface area (Å²) < 4.78 is 43.0. The summed E-state index contributed by atoms with van der Waals surface area (Å²) in [6, 6.07) is 16.8. The van der Waals surface area contributed by atoms with Gasteiger partial charge in [0, 0.05) is 17.8 Å². The first-order valence-corrected chi connectivity index (χ1v) is 13.8. The molecule has 1 saturated carbocycles. The lowest BCUT2D eigenvalue weighted by molar-refractivity contribution is 0.0600. The van der Waals surface area contributed by atoms with Crippen molar-refractivity contribution < 1.29 is 37.0 Å². The molecule has 0 saturated heterocycles. The summed E-state index contributed by atoms with van der Waals surface area (Å²) in [7, 11) is -4.23. The Morgan fingerprint density at radius 1 is 0.872 bits per heavy atom. The van der Waals surface area contributed by atoms with Crippen molar-refractivity contribution in [2.45, 2.75) is 36.7 Å². The molecule has 2 aromatic carbocycles. The number of amides is 2. The molecule has 12 heteroatoms. The highest BCUT2D eigenvalue weighted by molar-refractivity contribution is 7.90. The first kappa shape index (κ1) is 27.6. The fraction of sp³-hybridized carbons (Fsp3) is 0.259. The van der Waals surface area contributed by atoms with Crippen LogP contribution in [0.1, 0.15) is 46.4 Å². The summed E-state index contributed by atoms with van der Waals surface area (Å²) in [5.74, 6) is -0.733. The molecule has 39 heavy (non-hydrogen) atoms. The van der Waals surface area contributed by atoms with Crippen molar-refractivity contribution in [3.05, 3.63) is 84.1 Å². The fourth-order valence-electron chi connectivity index (χ4n) is 3.80. The fourth-order valence-corrected chi connectivity index (χ4v) is 4.78. The van der Waals surface area contributed by atoms with Crippen molar-refractivity contribution >= 4 is 28.0 Å². The van der Waals surface area contributed by atoms with Crippen LogP contribution >= 0.6 is 0 Å². The molecule has 4 rings (SSSR count). The second kappa shape index (κ2) is 12.9. The van der Waals surface area contributed by atoms with Gasteiger partial charge in [0.2, 0.25) is 5.88 Å². The van der Waals surface area contributed by atoms with E-state index in [1.807, 2.05) is 22.9 Å². The second-order valence-electron chi connectivity index (χ2n) is 8.64. The van der Waals surface area contributed by atoms with E-state index in [9.17, 15) is 22.8 Å². The maximum atomic E-state index is 12.7. The highest BCUT2D eigenvalue weighted by Gasteiger charge is 2.22. The van der Waals surface area contributed by atoms with Gasteiger partial charge in [0.25, 0.3) is 21.8 Å². The molecule has 0 unspecified atom stereocenters. The Kier molecular flexibility index (Phi) is 9.10. The minimum absolute atomic E-state index is 0.0659. The summed E-state index contributed by atoms with van der Waals surface area (Å²) in [5, 5.41) is 2.69. The quantitative estimate of drug-likeness (QED) is 0.284. The normalized spacial score (nSPS) is 13.3. The van der Waals surface area contributed by atoms with Gasteiger partial charge in [0.15, 0.2) is 0 Å². The van der Waals surface area contributed by atoms with Gasteiger partial charge in [-0.2, -0.15) is 0 Å². The number of sulfonamides is 1. The maximum absolute atomic E-state index is 12.7. The number of hydrogen-bond acceptors (Lipinski definition) is 9. The number of aromatic nitrogens is 1. The number of nitrogens with one attached hydrogen (secondary N) is 2. The standard InChI is InChI=1S/C27H27N3O8S/c31-25(28-16-17-36-21-6-2-1-3-7-21)19-10-13-23(14-11-19)39(34,35)30-26(32)20-12-15-24(29-18-20)38-27(33)37-22-8-4-5-9-22/h1-3,6-7,10-15,18,22H,4-5,8-9,16-17H2,(H,28,31)(H,30,32). The van der Waals surface area contributed by atoms with Crippen LogP contribution in [0, 0.1) is 0 Å². The Hall–Kier alpha value is -4.45. The molecule has 0 aliphatic heterocycles. The summed E-state index contributed by atoms with van der Waals surface area (Å²) in [6.45, 7) is 0.518. The maximum Gasteiger partial charge on any atom is 0.515 e. The van der Waals surface area contributed by atoms with Gasteiger partial charge in [0.05, 0.1) is 17.0 Å². The summed E-state index contributed by atoms with van der Waals surface area (Å²) in [5.41, 5.74) is 0.176. The van der Waals surface area contributed by atoms with Crippen molar-refractivity contribution in [1.82, 2.24) is 15.0 Å². The molecule has 1 aliphatic carbocycles. The van der Waals surface area contributed by atoms with Gasteiger partial charge < -0.3 is 19.5 Å². The average Bonchev–Trinajstić information content (AvgIpc) is 3.44. The molecule has 0 spiro atoms. The molecule has 0 radical (unpaired) electrons. The first-order valence-electron chi connectivity index (χ1n) is 12.3. The molecular formula is C27H27N3O8S. The Morgan fingerprint density at radius 3 is 2.23 bits per heavy atom. The van der Waals surface area contributed by atoms with E-state index in [0.29, 0.717) is 5.75 Å². The minimum atomic E-state index is -4.23. The number of benzene rings is 2. The van der Waals surface area contributed by atoms with E-state index in [4.69, 9.17) is 14.2 Å². The highest BCUT2D eigenvalue weighted by atomic mass is 32.2. The van der Waals surface area contributed by atoms with Crippen molar-refractivity contribution in [1.29, 1.82) is 0 Å². The number of ether oxygens (including phenoxy) is 3. The SMILES string of the molecule is O=C(Oc1ccc(C(=O)NS(=O)(=O)c2ccc(C(=O)NCCOc3ccccc3)cc2)cn1)OC1CCCC1. The summed E-state index contributed by atoms with van der Waals surface area (Å²) >= 11 is 0. The minimum Gasteiger partial charge on any atom is -0.492 e. The highest BCUT2D eigenvalue weighted by Crippen LogP contribution is 2.22. The van der Waals surface area contributed by atoms with Gasteiger partial charge in [-0.3, -0.25) is 9.59 Å². The molecule has 0 bridgehead atoms. The third-order valence-corrected chi connectivity index (χ3v) is 7.15. The van der Waals surface area contributed by atoms with Gasteiger partial charge >= 0.3 is 6.16 Å². The van der Waals surface area contributed by atoms with E-state index < -0.39 is 28.0 Å². The Bertz CT molecular complexity index is 1390. The predicted molar refractivity (Wildman–Crippen MR) is 139 cm³/mol. The molecule has 2 amide bonds. The number of para-hydroxylation sites is 1. The first-order chi connectivity index (χ1) is 18.8. The Labute approximate surface area is 225 Å². The largest absolute Gasteiger partial charge is 0.515 e. The van der Waals surface area contributed by atoms with Gasteiger partial charge in [0.1, 0.15) is 18.5 Å². The molecule has 1 aliphatic rings. The number of carbonyl (C=O) groups excluding carboxylic acids is 3. The van der Waals surface area contributed by atoms with Gasteiger partial charge in [-0.15, -0.1) is 0 Å². The molecule has 1 heterocycles. The molecule has 1 aromatic heterocycles. The van der Waals surface area contributed by atoms with Crippen LogP contribution in [0.3, 0.4) is 0 Å². The van der Waals surface area contributed by atoms with Crippen LogP contribution in [0.2, 0.25) is 0 Å². The van der Waals surface area contributed by atoms with Crippen LogP contribution in [0.15, 0.2) is 77.8 Å². The molecule has 11 nitrogen and oxygen atoms in total. The van der Waals surface area contributed by atoms with E-state index in [2.05, 4.69) is 10.3 Å². The van der Waals surface area contributed by atoms with Crippen LogP contribution in [0.25, 0.3) is 0 Å². The second-order valence-corrected chi connectivity index (χ2v) is 10.3. The third-order valence-electron chi connectivity index (χ3n) is 5.80. The van der Waals surface area contributed by atoms with Crippen LogP contribution in [-0.4, -0.2) is 50.6 Å². The topological polar surface area (TPSA) is 150 Å². The number of pyridine rings is 1. The molecule has 1 fully saturated rings. The lowest BCUT2D eigenvalue weighted by atomic mass is 10.2. The third kappa shape index (κ3) is 8.01. The zero-order valence-corrected chi connectivity index (χ0v) is 21.7. The molecule has 3 aromatic rings. The average molecular weight is 554 g/mol. The summed E-state index contributed by atoms with van der Waals surface area (Å²) in [6.07, 6.45) is 3.59. The monoisotopic (exact) mass is 553 g/mol. The van der Waals surface area contributed by atoms with E-state index in [1.54, 1.807) is 12.1 Å². The molecule has 0 atom stereocenters. The van der Waals surface area contributed by atoms with Crippen molar-refractivity contribution in [2.24, 2.45) is 0 Å². The van der Waals surface area contributed by atoms with Gasteiger partial charge in [-0.05, 0) is 68.1 Å². The van der Waals surface area contributed by atoms with Gasteiger partial charge in [-0.1, -0.05) is 18.2 Å². The Balaban J connectivity index is 1.26.